The van der Waals surface area contributed by atoms with Gasteiger partial charge in [-0.05, 0) is 70.9 Å². The molecule has 0 radical (unpaired) electrons. The van der Waals surface area contributed by atoms with Crippen molar-refractivity contribution in [1.29, 1.82) is 0 Å². The van der Waals surface area contributed by atoms with Gasteiger partial charge >= 0.3 is 0 Å². The van der Waals surface area contributed by atoms with E-state index in [0.717, 1.165) is 21.0 Å². The van der Waals surface area contributed by atoms with E-state index in [9.17, 15) is 18.0 Å². The van der Waals surface area contributed by atoms with E-state index in [0.29, 0.717) is 12.1 Å². The van der Waals surface area contributed by atoms with Gasteiger partial charge in [-0.1, -0.05) is 72.6 Å². The Bertz CT molecular complexity index is 1380. The smallest absolute Gasteiger partial charge is 0.264 e. The Kier molecular flexibility index (Phi) is 9.56. The number of hydrogen-bond acceptors (Lipinski definition) is 4. The molecule has 2 amide bonds. The summed E-state index contributed by atoms with van der Waals surface area (Å²) in [4.78, 5) is 29.0. The predicted molar refractivity (Wildman–Crippen MR) is 156 cm³/mol. The van der Waals surface area contributed by atoms with E-state index in [4.69, 9.17) is 0 Å². The van der Waals surface area contributed by atoms with Crippen LogP contribution < -0.4 is 9.62 Å². The first kappa shape index (κ1) is 29.9. The lowest BCUT2D eigenvalue weighted by Crippen LogP contribution is -2.55. The van der Waals surface area contributed by atoms with Gasteiger partial charge in [0.15, 0.2) is 0 Å². The Hall–Kier alpha value is -3.65. The molecule has 0 aromatic heterocycles. The van der Waals surface area contributed by atoms with Crippen molar-refractivity contribution < 1.29 is 18.0 Å². The Labute approximate surface area is 232 Å². The largest absolute Gasteiger partial charge is 0.350 e. The van der Waals surface area contributed by atoms with Crippen LogP contribution in [0.15, 0.2) is 83.8 Å². The zero-order valence-corrected chi connectivity index (χ0v) is 24.5. The fraction of sp³-hybridized carbons (Fsp3) is 0.355. The number of rotatable bonds is 10. The number of benzene rings is 3. The fourth-order valence-corrected chi connectivity index (χ4v) is 5.77. The Morgan fingerprint density at radius 1 is 0.872 bits per heavy atom. The molecule has 0 bridgehead atoms. The third-order valence-corrected chi connectivity index (χ3v) is 8.04. The van der Waals surface area contributed by atoms with Crippen LogP contribution in [0.3, 0.4) is 0 Å². The Morgan fingerprint density at radius 2 is 1.51 bits per heavy atom. The lowest BCUT2D eigenvalue weighted by molar-refractivity contribution is -0.141. The van der Waals surface area contributed by atoms with Gasteiger partial charge in [-0.3, -0.25) is 13.9 Å². The molecule has 1 atom stereocenters. The number of carbonyl (C=O) groups excluding carboxylic acids is 2. The lowest BCUT2D eigenvalue weighted by Gasteiger charge is -2.34. The Balaban J connectivity index is 2.06. The third kappa shape index (κ3) is 7.93. The van der Waals surface area contributed by atoms with Crippen LogP contribution in [0.2, 0.25) is 0 Å². The van der Waals surface area contributed by atoms with Gasteiger partial charge in [-0.25, -0.2) is 8.42 Å². The first-order chi connectivity index (χ1) is 18.3. The molecule has 1 N–H and O–H groups in total. The van der Waals surface area contributed by atoms with Gasteiger partial charge in [-0.2, -0.15) is 0 Å². The van der Waals surface area contributed by atoms with Crippen LogP contribution in [0, 0.1) is 13.8 Å². The summed E-state index contributed by atoms with van der Waals surface area (Å²) in [6, 6.07) is 22.0. The maximum atomic E-state index is 14.1. The Morgan fingerprint density at radius 3 is 2.08 bits per heavy atom. The second-order valence-corrected chi connectivity index (χ2v) is 12.7. The molecule has 7 nitrogen and oxygen atoms in total. The second kappa shape index (κ2) is 12.5. The topological polar surface area (TPSA) is 86.8 Å². The zero-order valence-electron chi connectivity index (χ0n) is 23.6. The van der Waals surface area contributed by atoms with E-state index in [1.54, 1.807) is 30.3 Å². The van der Waals surface area contributed by atoms with Gasteiger partial charge in [0, 0.05) is 12.1 Å². The van der Waals surface area contributed by atoms with Crippen LogP contribution in [-0.4, -0.2) is 43.3 Å². The highest BCUT2D eigenvalue weighted by atomic mass is 32.2. The molecule has 0 heterocycles. The van der Waals surface area contributed by atoms with Crippen LogP contribution in [-0.2, 0) is 26.2 Å². The fourth-order valence-electron chi connectivity index (χ4n) is 4.34. The van der Waals surface area contributed by atoms with Crippen molar-refractivity contribution in [2.75, 3.05) is 10.8 Å². The van der Waals surface area contributed by atoms with E-state index in [2.05, 4.69) is 5.32 Å². The molecule has 39 heavy (non-hydrogen) atoms. The summed E-state index contributed by atoms with van der Waals surface area (Å²) in [7, 11) is -4.07. The first-order valence-electron chi connectivity index (χ1n) is 13.1. The normalized spacial score (nSPS) is 12.5. The zero-order chi connectivity index (χ0) is 28.8. The third-order valence-electron chi connectivity index (χ3n) is 6.25. The molecule has 0 aliphatic carbocycles. The van der Waals surface area contributed by atoms with Crippen molar-refractivity contribution in [3.8, 4) is 0 Å². The van der Waals surface area contributed by atoms with E-state index in [1.807, 2.05) is 77.9 Å². The maximum Gasteiger partial charge on any atom is 0.264 e. The highest BCUT2D eigenvalue weighted by Gasteiger charge is 2.34. The molecule has 3 aromatic carbocycles. The molecule has 3 aromatic rings. The van der Waals surface area contributed by atoms with Gasteiger partial charge in [0.2, 0.25) is 11.8 Å². The van der Waals surface area contributed by atoms with Crippen molar-refractivity contribution in [2.24, 2.45) is 0 Å². The lowest BCUT2D eigenvalue weighted by atomic mass is 10.0. The summed E-state index contributed by atoms with van der Waals surface area (Å²) in [6.07, 6.45) is 0.370. The molecule has 0 aliphatic heterocycles. The van der Waals surface area contributed by atoms with Gasteiger partial charge in [-0.15, -0.1) is 0 Å². The minimum absolute atomic E-state index is 0.0844. The molecule has 0 unspecified atom stereocenters. The number of anilines is 1. The molecule has 0 saturated heterocycles. The van der Waals surface area contributed by atoms with Crippen molar-refractivity contribution in [3.05, 3.63) is 95.6 Å². The van der Waals surface area contributed by atoms with E-state index in [1.165, 1.54) is 17.0 Å². The number of carbonyl (C=O) groups is 2. The molecular formula is C31H39N3O4S. The first-order valence-corrected chi connectivity index (χ1v) is 14.6. The number of aryl methyl sites for hydroxylation is 2. The maximum absolute atomic E-state index is 14.1. The number of hydrogen-bond donors (Lipinski definition) is 1. The molecule has 0 saturated carbocycles. The van der Waals surface area contributed by atoms with E-state index < -0.39 is 34.1 Å². The minimum Gasteiger partial charge on any atom is -0.350 e. The quantitative estimate of drug-likeness (QED) is 0.376. The van der Waals surface area contributed by atoms with Crippen molar-refractivity contribution in [1.82, 2.24) is 10.2 Å². The van der Waals surface area contributed by atoms with Crippen molar-refractivity contribution in [3.63, 3.8) is 0 Å². The second-order valence-electron chi connectivity index (χ2n) is 10.8. The number of nitrogens with one attached hydrogen (secondary N) is 1. The molecule has 8 heteroatoms. The SMILES string of the molecule is CC[C@H](C(=O)NC(C)(C)C)N(Cc1cccc(C)c1)C(=O)CN(c1ccc(C)cc1)S(=O)(=O)c1ccccc1. The molecule has 0 spiro atoms. The monoisotopic (exact) mass is 549 g/mol. The average molecular weight is 550 g/mol. The van der Waals surface area contributed by atoms with Crippen molar-refractivity contribution >= 4 is 27.5 Å². The standard InChI is InChI=1S/C31H39N3O4S/c1-7-28(30(36)32-31(4,5)6)33(21-25-13-11-12-24(3)20-25)29(35)22-34(26-18-16-23(2)17-19-26)39(37,38)27-14-9-8-10-15-27/h8-20,28H,7,21-22H2,1-6H3,(H,32,36)/t28-/m1/s1. The highest BCUT2D eigenvalue weighted by Crippen LogP contribution is 2.25. The minimum atomic E-state index is -4.07. The van der Waals surface area contributed by atoms with Gasteiger partial charge in [0.25, 0.3) is 10.0 Å². The van der Waals surface area contributed by atoms with Crippen LogP contribution in [0.1, 0.15) is 50.8 Å². The molecular weight excluding hydrogens is 510 g/mol. The van der Waals surface area contributed by atoms with Gasteiger partial charge < -0.3 is 10.2 Å². The number of amides is 2. The van der Waals surface area contributed by atoms with Crippen molar-refractivity contribution in [2.45, 2.75) is 71.0 Å². The van der Waals surface area contributed by atoms with Crippen LogP contribution in [0.25, 0.3) is 0 Å². The summed E-state index contributed by atoms with van der Waals surface area (Å²) in [5, 5.41) is 2.99. The number of sulfonamides is 1. The van der Waals surface area contributed by atoms with Gasteiger partial charge in [0.1, 0.15) is 12.6 Å². The highest BCUT2D eigenvalue weighted by molar-refractivity contribution is 7.92. The summed E-state index contributed by atoms with van der Waals surface area (Å²) in [5.74, 6) is -0.744. The summed E-state index contributed by atoms with van der Waals surface area (Å²) in [5.41, 5.74) is 2.74. The average Bonchev–Trinajstić information content (AvgIpc) is 2.87. The van der Waals surface area contributed by atoms with E-state index >= 15 is 0 Å². The molecule has 0 fully saturated rings. The summed E-state index contributed by atoms with van der Waals surface area (Å²) < 4.78 is 28.8. The summed E-state index contributed by atoms with van der Waals surface area (Å²) in [6.45, 7) is 11.1. The molecule has 0 aliphatic rings. The molecule has 208 valence electrons. The summed E-state index contributed by atoms with van der Waals surface area (Å²) >= 11 is 0. The van der Waals surface area contributed by atoms with Crippen LogP contribution in [0.4, 0.5) is 5.69 Å². The molecule has 3 rings (SSSR count). The van der Waals surface area contributed by atoms with Gasteiger partial charge in [0.05, 0.1) is 10.6 Å². The van der Waals surface area contributed by atoms with Crippen LogP contribution in [0.5, 0.6) is 0 Å². The van der Waals surface area contributed by atoms with Crippen LogP contribution >= 0.6 is 0 Å². The number of nitrogens with zero attached hydrogens (tertiary/aromatic N) is 2. The van der Waals surface area contributed by atoms with E-state index in [-0.39, 0.29) is 17.3 Å². The predicted octanol–water partition coefficient (Wildman–Crippen LogP) is 5.22.